The minimum Gasteiger partial charge on any atom is -1.00 e. The molecule has 0 amide bonds. The summed E-state index contributed by atoms with van der Waals surface area (Å²) in [7, 11) is -1.28. The molecule has 0 aromatic carbocycles. The molecule has 1 nitrogen and oxygen atoms in total. The molecule has 0 aromatic rings. The average molecular weight is 274 g/mol. The Morgan fingerprint density at radius 1 is 1.23 bits per heavy atom. The van der Waals surface area contributed by atoms with Crippen molar-refractivity contribution in [2.45, 2.75) is 38.9 Å². The first kappa shape index (κ1) is 19.5. The van der Waals surface area contributed by atoms with Gasteiger partial charge in [-0.3, -0.25) is 0 Å². The van der Waals surface area contributed by atoms with Crippen molar-refractivity contribution in [3.8, 4) is 5.92 Å². The molecule has 0 unspecified atom stereocenters. The molecular weight excluding hydrogens is 256 g/mol. The van der Waals surface area contributed by atoms with E-state index in [4.69, 9.17) is 10.8 Å². The van der Waals surface area contributed by atoms with E-state index in [0.717, 1.165) is 25.9 Å². The summed E-state index contributed by atoms with van der Waals surface area (Å²) in [6, 6.07) is 0. The molecule has 0 fully saturated rings. The van der Waals surface area contributed by atoms with Crippen LogP contribution in [0.25, 0.3) is 0 Å². The van der Waals surface area contributed by atoms with Gasteiger partial charge in [0, 0.05) is 6.61 Å². The summed E-state index contributed by atoms with van der Waals surface area (Å²) in [5, 5.41) is 0. The molecule has 0 aliphatic heterocycles. The van der Waals surface area contributed by atoms with Crippen molar-refractivity contribution in [1.29, 1.82) is 0 Å². The summed E-state index contributed by atoms with van der Waals surface area (Å²) in [5.41, 5.74) is 0. The first-order valence-electron chi connectivity index (χ1n) is 4.10. The van der Waals surface area contributed by atoms with E-state index >= 15 is 0 Å². The van der Waals surface area contributed by atoms with Gasteiger partial charge in [0.1, 0.15) is 0 Å². The molecule has 13 heavy (non-hydrogen) atoms. The fourth-order valence-corrected chi connectivity index (χ4v) is 1.45. The smallest absolute Gasteiger partial charge is 1.00 e. The van der Waals surface area contributed by atoms with Crippen LogP contribution in [-0.2, 0) is 4.43 Å². The summed E-state index contributed by atoms with van der Waals surface area (Å²) in [6.45, 7) is 7.43. The fourth-order valence-electron chi connectivity index (χ4n) is 0.694. The van der Waals surface area contributed by atoms with Gasteiger partial charge in [-0.25, -0.2) is 0 Å². The summed E-state index contributed by atoms with van der Waals surface area (Å²) >= 11 is 0. The zero-order valence-corrected chi connectivity index (χ0v) is 12.8. The monoisotopic (exact) mass is 272 g/mol. The first-order chi connectivity index (χ1) is 5.06. The molecule has 0 N–H and O–H groups in total. The quantitative estimate of drug-likeness (QED) is 0.276. The van der Waals surface area contributed by atoms with Gasteiger partial charge in [0.2, 0.25) is 0 Å². The molecule has 0 heterocycles. The van der Waals surface area contributed by atoms with Gasteiger partial charge in [-0.1, -0.05) is 0 Å². The Hall–Kier alpha value is 0.983. The molecule has 72 valence electrons. The molecule has 4 heteroatoms. The second kappa shape index (κ2) is 11.1. The van der Waals surface area contributed by atoms with Crippen LogP contribution in [0.4, 0.5) is 0 Å². The maximum Gasteiger partial charge on any atom is 2.00 e. The Bertz CT molecular complexity index is 140. The maximum atomic E-state index is 6.68. The van der Waals surface area contributed by atoms with E-state index in [1.807, 2.05) is 0 Å². The number of hydrogen-bond acceptors (Lipinski definition) is 1. The maximum absolute atomic E-state index is 6.68. The fraction of sp³-hybridized carbons (Fsp3) is 0.778. The minimum atomic E-state index is -1.28. The van der Waals surface area contributed by atoms with E-state index in [1.54, 1.807) is 0 Å². The van der Waals surface area contributed by atoms with Gasteiger partial charge in [-0.2, -0.15) is 0 Å². The van der Waals surface area contributed by atoms with Gasteiger partial charge in [0.25, 0.3) is 0 Å². The third-order valence-electron chi connectivity index (χ3n) is 1.23. The molecule has 0 saturated carbocycles. The van der Waals surface area contributed by atoms with Gasteiger partial charge in [-0.15, -0.1) is 0 Å². The van der Waals surface area contributed by atoms with Crippen LogP contribution in [0.1, 0.15) is 19.3 Å². The predicted molar refractivity (Wildman–Crippen MR) is 56.0 cm³/mol. The van der Waals surface area contributed by atoms with Crippen molar-refractivity contribution in [3.63, 3.8) is 0 Å². The van der Waals surface area contributed by atoms with Crippen LogP contribution in [0.2, 0.25) is 19.6 Å². The van der Waals surface area contributed by atoms with Crippen LogP contribution in [0.15, 0.2) is 0 Å². The van der Waals surface area contributed by atoms with Crippen molar-refractivity contribution in [3.05, 3.63) is 6.42 Å². The number of unbranched alkanes of at least 4 members (excludes halogenated alkanes) is 2. The molecule has 0 aromatic heterocycles. The molecule has 0 bridgehead atoms. The Kier molecular flexibility index (Phi) is 16.6. The second-order valence-corrected chi connectivity index (χ2v) is 8.11. The number of halogens is 1. The molecule has 0 aliphatic rings. The van der Waals surface area contributed by atoms with Crippen molar-refractivity contribution in [1.82, 2.24) is 0 Å². The van der Waals surface area contributed by atoms with Crippen LogP contribution in [-0.4, -0.2) is 38.0 Å². The normalized spacial score (nSPS) is 9.38. The molecular formula is C9H17BrMgOSi. The summed E-state index contributed by atoms with van der Waals surface area (Å²) in [4.78, 5) is 0. The van der Waals surface area contributed by atoms with Gasteiger partial charge >= 0.3 is 23.1 Å². The van der Waals surface area contributed by atoms with Crippen LogP contribution < -0.4 is 17.0 Å². The van der Waals surface area contributed by atoms with Crippen LogP contribution >= 0.6 is 0 Å². The first-order valence-corrected chi connectivity index (χ1v) is 7.50. The van der Waals surface area contributed by atoms with Gasteiger partial charge in [0.15, 0.2) is 8.32 Å². The second-order valence-electron chi connectivity index (χ2n) is 3.59. The van der Waals surface area contributed by atoms with Crippen molar-refractivity contribution in [2.75, 3.05) is 6.61 Å². The van der Waals surface area contributed by atoms with Crippen molar-refractivity contribution in [2.24, 2.45) is 0 Å². The Morgan fingerprint density at radius 2 is 1.77 bits per heavy atom. The van der Waals surface area contributed by atoms with E-state index in [9.17, 15) is 0 Å². The van der Waals surface area contributed by atoms with E-state index in [2.05, 4.69) is 25.6 Å². The van der Waals surface area contributed by atoms with Crippen LogP contribution in [0.5, 0.6) is 0 Å². The van der Waals surface area contributed by atoms with E-state index in [-0.39, 0.29) is 40.0 Å². The molecule has 0 spiro atoms. The van der Waals surface area contributed by atoms with E-state index in [0.29, 0.717) is 0 Å². The largest absolute Gasteiger partial charge is 2.00 e. The van der Waals surface area contributed by atoms with Gasteiger partial charge in [-0.05, 0) is 38.9 Å². The number of rotatable bonds is 5. The average Bonchev–Trinajstić information content (AvgIpc) is 1.85. The zero-order chi connectivity index (χ0) is 8.74. The molecule has 0 rings (SSSR count). The SMILES string of the molecule is [Br-].[C-]#CCCCCO[Si](C)(C)C.[Mg+2]. The summed E-state index contributed by atoms with van der Waals surface area (Å²) in [5.74, 6) is 2.37. The Balaban J connectivity index is -0.000000500. The van der Waals surface area contributed by atoms with Gasteiger partial charge in [0.05, 0.1) is 0 Å². The molecule has 0 atom stereocenters. The topological polar surface area (TPSA) is 9.23 Å². The Labute approximate surface area is 110 Å². The van der Waals surface area contributed by atoms with Crippen LogP contribution in [0.3, 0.4) is 0 Å². The zero-order valence-electron chi connectivity index (χ0n) is 8.82. The van der Waals surface area contributed by atoms with Crippen molar-refractivity contribution < 1.29 is 21.4 Å². The van der Waals surface area contributed by atoms with Crippen LogP contribution in [0, 0.1) is 12.3 Å². The third kappa shape index (κ3) is 19.4. The molecule has 0 saturated heterocycles. The molecule has 0 aliphatic carbocycles. The summed E-state index contributed by atoms with van der Waals surface area (Å²) < 4.78 is 5.63. The van der Waals surface area contributed by atoms with Crippen molar-refractivity contribution >= 4 is 31.4 Å². The summed E-state index contributed by atoms with van der Waals surface area (Å²) in [6.07, 6.45) is 9.55. The van der Waals surface area contributed by atoms with Gasteiger partial charge < -0.3 is 33.8 Å². The minimum absolute atomic E-state index is 0. The van der Waals surface area contributed by atoms with E-state index < -0.39 is 8.32 Å². The third-order valence-corrected chi connectivity index (χ3v) is 2.30. The standard InChI is InChI=1S/C9H17OSi.BrH.Mg/c1-5-6-7-8-9-10-11(2,3)4;;/h6-9H2,2-4H3;1H;/q-1;;+2/p-1. The molecule has 0 radical (unpaired) electrons. The van der Waals surface area contributed by atoms with E-state index in [1.165, 1.54) is 0 Å². The number of hydrogen-bond donors (Lipinski definition) is 0. The predicted octanol–water partition coefficient (Wildman–Crippen LogP) is -0.779. The Morgan fingerprint density at radius 3 is 2.15 bits per heavy atom.